The Balaban J connectivity index is 1.25. The van der Waals surface area contributed by atoms with Crippen LogP contribution in [0.1, 0.15) is 31.2 Å². The number of ether oxygens (including phenoxy) is 1. The fourth-order valence-electron chi connectivity index (χ4n) is 3.98. The highest BCUT2D eigenvalue weighted by molar-refractivity contribution is 5.76. The molecule has 3 heterocycles. The van der Waals surface area contributed by atoms with Gasteiger partial charge >= 0.3 is 0 Å². The number of rotatable bonds is 8. The molecule has 8 nitrogen and oxygen atoms in total. The lowest BCUT2D eigenvalue weighted by Gasteiger charge is -2.21. The predicted molar refractivity (Wildman–Crippen MR) is 121 cm³/mol. The van der Waals surface area contributed by atoms with Gasteiger partial charge in [0.25, 0.3) is 0 Å². The highest BCUT2D eigenvalue weighted by Gasteiger charge is 2.20. The summed E-state index contributed by atoms with van der Waals surface area (Å²) in [5, 5.41) is 4.35. The van der Waals surface area contributed by atoms with E-state index in [-0.39, 0.29) is 5.91 Å². The van der Waals surface area contributed by atoms with E-state index in [9.17, 15) is 4.79 Å². The molecule has 0 aliphatic carbocycles. The predicted octanol–water partition coefficient (Wildman–Crippen LogP) is 3.23. The second kappa shape index (κ2) is 10.5. The first-order chi connectivity index (χ1) is 15.6. The molecule has 1 aromatic carbocycles. The van der Waals surface area contributed by atoms with Crippen molar-refractivity contribution in [3.8, 4) is 17.1 Å². The van der Waals surface area contributed by atoms with Crippen molar-refractivity contribution in [2.45, 2.75) is 39.3 Å². The second-order valence-electron chi connectivity index (χ2n) is 8.06. The van der Waals surface area contributed by atoms with Gasteiger partial charge in [0.2, 0.25) is 5.91 Å². The Bertz CT molecular complexity index is 1010. The van der Waals surface area contributed by atoms with E-state index in [0.29, 0.717) is 24.5 Å². The number of methoxy groups -OCH3 is 1. The van der Waals surface area contributed by atoms with Gasteiger partial charge in [0.05, 0.1) is 19.5 Å². The number of carbonyl (C=O) groups excluding carboxylic acids is 1. The third-order valence-electron chi connectivity index (χ3n) is 5.84. The van der Waals surface area contributed by atoms with Gasteiger partial charge < -0.3 is 14.1 Å². The van der Waals surface area contributed by atoms with Gasteiger partial charge in [-0.15, -0.1) is 0 Å². The van der Waals surface area contributed by atoms with E-state index in [1.807, 2.05) is 40.0 Å². The molecule has 170 valence electrons. The zero-order chi connectivity index (χ0) is 22.3. The van der Waals surface area contributed by atoms with Crippen molar-refractivity contribution in [2.75, 3.05) is 33.3 Å². The van der Waals surface area contributed by atoms with Crippen molar-refractivity contribution in [3.63, 3.8) is 0 Å². The van der Waals surface area contributed by atoms with Crippen LogP contribution in [-0.2, 0) is 24.3 Å². The molecule has 1 aliphatic heterocycles. The summed E-state index contributed by atoms with van der Waals surface area (Å²) in [5.74, 6) is 2.25. The van der Waals surface area contributed by atoms with E-state index in [1.165, 1.54) is 5.56 Å². The monoisotopic (exact) mass is 437 g/mol. The summed E-state index contributed by atoms with van der Waals surface area (Å²) in [4.78, 5) is 21.5. The van der Waals surface area contributed by atoms with Gasteiger partial charge in [-0.05, 0) is 37.6 Å². The molecular formula is C24H31N5O3. The van der Waals surface area contributed by atoms with Gasteiger partial charge in [0, 0.05) is 69.4 Å². The number of oxazole rings is 1. The standard InChI is InChI=1S/C24H31N5O3/c1-3-29-18-19(15-26-29)17-27-11-4-12-28(14-13-27)24(30)10-9-23-25-16-22(32-23)20-5-7-21(31-2)8-6-20/h5-8,15-16,18H,3-4,9-14,17H2,1-2H3. The van der Waals surface area contributed by atoms with Gasteiger partial charge in [-0.25, -0.2) is 4.98 Å². The summed E-state index contributed by atoms with van der Waals surface area (Å²) in [6.07, 6.45) is 7.65. The molecule has 3 aromatic rings. The molecule has 0 spiro atoms. The molecule has 0 atom stereocenters. The summed E-state index contributed by atoms with van der Waals surface area (Å²) >= 11 is 0. The van der Waals surface area contributed by atoms with Crippen molar-refractivity contribution in [1.29, 1.82) is 0 Å². The minimum absolute atomic E-state index is 0.162. The van der Waals surface area contributed by atoms with Crippen LogP contribution in [0.5, 0.6) is 5.75 Å². The highest BCUT2D eigenvalue weighted by atomic mass is 16.5. The maximum atomic E-state index is 12.8. The van der Waals surface area contributed by atoms with Gasteiger partial charge in [-0.1, -0.05) is 0 Å². The average Bonchev–Trinajstić information content (AvgIpc) is 3.42. The first kappa shape index (κ1) is 22.1. The molecule has 0 N–H and O–H groups in total. The minimum Gasteiger partial charge on any atom is -0.497 e. The average molecular weight is 438 g/mol. The topological polar surface area (TPSA) is 76.6 Å². The quantitative estimate of drug-likeness (QED) is 0.539. The van der Waals surface area contributed by atoms with Gasteiger partial charge in [-0.3, -0.25) is 14.4 Å². The van der Waals surface area contributed by atoms with Crippen LogP contribution in [0.15, 0.2) is 47.3 Å². The highest BCUT2D eigenvalue weighted by Crippen LogP contribution is 2.23. The summed E-state index contributed by atoms with van der Waals surface area (Å²) in [6.45, 7) is 7.27. The Hall–Kier alpha value is -3.13. The maximum Gasteiger partial charge on any atom is 0.223 e. The Kier molecular flexibility index (Phi) is 7.21. The molecular weight excluding hydrogens is 406 g/mol. The third kappa shape index (κ3) is 5.56. The van der Waals surface area contributed by atoms with Crippen molar-refractivity contribution >= 4 is 5.91 Å². The number of carbonyl (C=O) groups is 1. The van der Waals surface area contributed by atoms with Crippen molar-refractivity contribution < 1.29 is 13.9 Å². The normalized spacial score (nSPS) is 15.0. The van der Waals surface area contributed by atoms with Crippen LogP contribution in [0.3, 0.4) is 0 Å². The third-order valence-corrected chi connectivity index (χ3v) is 5.84. The summed E-state index contributed by atoms with van der Waals surface area (Å²) in [6, 6.07) is 7.65. The van der Waals surface area contributed by atoms with E-state index >= 15 is 0 Å². The molecule has 1 saturated heterocycles. The Labute approximate surface area is 188 Å². The summed E-state index contributed by atoms with van der Waals surface area (Å²) in [7, 11) is 1.64. The molecule has 8 heteroatoms. The molecule has 2 aromatic heterocycles. The van der Waals surface area contributed by atoms with E-state index < -0.39 is 0 Å². The van der Waals surface area contributed by atoms with Crippen LogP contribution in [0.4, 0.5) is 0 Å². The maximum absolute atomic E-state index is 12.8. The zero-order valence-corrected chi connectivity index (χ0v) is 18.9. The first-order valence-corrected chi connectivity index (χ1v) is 11.2. The van der Waals surface area contributed by atoms with Crippen molar-refractivity contribution in [1.82, 2.24) is 24.6 Å². The Morgan fingerprint density at radius 1 is 1.12 bits per heavy atom. The SMILES string of the molecule is CCn1cc(CN2CCCN(C(=O)CCc3ncc(-c4ccc(OC)cc4)o3)CC2)cn1. The van der Waals surface area contributed by atoms with Crippen LogP contribution >= 0.6 is 0 Å². The number of hydrogen-bond donors (Lipinski definition) is 0. The molecule has 4 rings (SSSR count). The number of aryl methyl sites for hydroxylation is 2. The largest absolute Gasteiger partial charge is 0.497 e. The minimum atomic E-state index is 0.162. The van der Waals surface area contributed by atoms with Crippen LogP contribution < -0.4 is 4.74 Å². The number of nitrogens with zero attached hydrogens (tertiary/aromatic N) is 5. The molecule has 0 bridgehead atoms. The molecule has 0 radical (unpaired) electrons. The van der Waals surface area contributed by atoms with E-state index in [1.54, 1.807) is 13.3 Å². The molecule has 0 saturated carbocycles. The number of benzene rings is 1. The number of amides is 1. The van der Waals surface area contributed by atoms with Crippen LogP contribution in [-0.4, -0.2) is 63.8 Å². The lowest BCUT2D eigenvalue weighted by atomic mass is 10.2. The lowest BCUT2D eigenvalue weighted by Crippen LogP contribution is -2.35. The number of aromatic nitrogens is 3. The van der Waals surface area contributed by atoms with Crippen LogP contribution in [0.2, 0.25) is 0 Å². The van der Waals surface area contributed by atoms with Gasteiger partial charge in [0.15, 0.2) is 11.7 Å². The molecule has 0 unspecified atom stereocenters. The Morgan fingerprint density at radius 3 is 2.72 bits per heavy atom. The van der Waals surface area contributed by atoms with E-state index in [4.69, 9.17) is 9.15 Å². The van der Waals surface area contributed by atoms with E-state index in [2.05, 4.69) is 28.1 Å². The van der Waals surface area contributed by atoms with Crippen molar-refractivity contribution in [2.24, 2.45) is 0 Å². The molecule has 1 fully saturated rings. The van der Waals surface area contributed by atoms with Crippen LogP contribution in [0, 0.1) is 0 Å². The smallest absolute Gasteiger partial charge is 0.223 e. The molecule has 1 aliphatic rings. The fourth-order valence-corrected chi connectivity index (χ4v) is 3.98. The Morgan fingerprint density at radius 2 is 1.97 bits per heavy atom. The number of hydrogen-bond acceptors (Lipinski definition) is 6. The summed E-state index contributed by atoms with van der Waals surface area (Å²) in [5.41, 5.74) is 2.16. The second-order valence-corrected chi connectivity index (χ2v) is 8.06. The molecule has 1 amide bonds. The first-order valence-electron chi connectivity index (χ1n) is 11.2. The van der Waals surface area contributed by atoms with Gasteiger partial charge in [-0.2, -0.15) is 5.10 Å². The van der Waals surface area contributed by atoms with Gasteiger partial charge in [0.1, 0.15) is 5.75 Å². The zero-order valence-electron chi connectivity index (χ0n) is 18.9. The van der Waals surface area contributed by atoms with E-state index in [0.717, 1.165) is 57.0 Å². The van der Waals surface area contributed by atoms with Crippen LogP contribution in [0.25, 0.3) is 11.3 Å². The fraction of sp³-hybridized carbons (Fsp3) is 0.458. The lowest BCUT2D eigenvalue weighted by molar-refractivity contribution is -0.131. The summed E-state index contributed by atoms with van der Waals surface area (Å²) < 4.78 is 13.0. The molecule has 32 heavy (non-hydrogen) atoms. The van der Waals surface area contributed by atoms with Crippen molar-refractivity contribution in [3.05, 3.63) is 54.3 Å².